The van der Waals surface area contributed by atoms with Gasteiger partial charge in [-0.05, 0) is 67.5 Å². The Morgan fingerprint density at radius 2 is 2.00 bits per heavy atom. The molecule has 1 aliphatic heterocycles. The number of hydrogen-bond acceptors (Lipinski definition) is 7. The van der Waals surface area contributed by atoms with Gasteiger partial charge in [0.2, 0.25) is 5.12 Å². The second-order valence-electron chi connectivity index (χ2n) is 12.6. The number of allylic oxidation sites excluding steroid dienone is 4. The smallest absolute Gasteiger partial charge is 0.223 e. The predicted molar refractivity (Wildman–Crippen MR) is 151 cm³/mol. The maximum atomic E-state index is 17.6. The normalized spacial score (nSPS) is 43.0. The molecule has 4 aliphatic carbocycles. The van der Waals surface area contributed by atoms with Gasteiger partial charge < -0.3 is 5.11 Å². The van der Waals surface area contributed by atoms with Crippen LogP contribution in [0.1, 0.15) is 45.1 Å². The summed E-state index contributed by atoms with van der Waals surface area (Å²) >= 11 is 7.10. The Bertz CT molecular complexity index is 1380. The number of benzene rings is 1. The fourth-order valence-electron chi connectivity index (χ4n) is 8.85. The summed E-state index contributed by atoms with van der Waals surface area (Å²) in [5.41, 5.74) is -5.04. The fourth-order valence-corrected chi connectivity index (χ4v) is 10.0. The third-order valence-corrected chi connectivity index (χ3v) is 11.9. The number of hydroxylamine groups is 2. The molecule has 0 radical (unpaired) electrons. The number of halogens is 3. The zero-order valence-corrected chi connectivity index (χ0v) is 24.6. The first-order valence-corrected chi connectivity index (χ1v) is 15.5. The summed E-state index contributed by atoms with van der Waals surface area (Å²) in [5.74, 6) is -1.74. The maximum Gasteiger partial charge on any atom is 0.223 e. The van der Waals surface area contributed by atoms with Crippen molar-refractivity contribution in [2.24, 2.45) is 28.6 Å². The van der Waals surface area contributed by atoms with Gasteiger partial charge in [0.25, 0.3) is 0 Å². The van der Waals surface area contributed by atoms with Crippen LogP contribution in [0.5, 0.6) is 0 Å². The van der Waals surface area contributed by atoms with E-state index in [4.69, 9.17) is 21.7 Å². The van der Waals surface area contributed by atoms with Crippen LogP contribution in [0.15, 0.2) is 48.1 Å². The van der Waals surface area contributed by atoms with Crippen molar-refractivity contribution >= 4 is 34.3 Å². The van der Waals surface area contributed by atoms with Crippen LogP contribution >= 0.6 is 23.4 Å². The maximum absolute atomic E-state index is 17.6. The highest BCUT2D eigenvalue weighted by Crippen LogP contribution is 2.73. The van der Waals surface area contributed by atoms with Crippen molar-refractivity contribution in [2.75, 3.05) is 12.3 Å². The molecule has 10 heteroatoms. The molecule has 1 saturated heterocycles. The first-order valence-electron chi connectivity index (χ1n) is 14.1. The van der Waals surface area contributed by atoms with Crippen LogP contribution in [-0.4, -0.2) is 56.9 Å². The number of rotatable bonds is 5. The zero-order valence-electron chi connectivity index (χ0n) is 23.0. The number of aliphatic hydroxyl groups is 1. The van der Waals surface area contributed by atoms with E-state index in [0.29, 0.717) is 30.3 Å². The number of carbonyl (C=O) groups excluding carboxylic acids is 2. The summed E-state index contributed by atoms with van der Waals surface area (Å²) in [6.07, 6.45) is 1.20. The molecule has 9 atom stereocenters. The average molecular weight is 603 g/mol. The van der Waals surface area contributed by atoms with Crippen molar-refractivity contribution in [1.29, 1.82) is 5.26 Å². The minimum Gasteiger partial charge on any atom is -0.390 e. The van der Waals surface area contributed by atoms with E-state index in [0.717, 1.165) is 17.3 Å². The molecular formula is C31H33ClF2N2O4S. The highest BCUT2D eigenvalue weighted by Gasteiger charge is 2.79. The second-order valence-corrected chi connectivity index (χ2v) is 14.1. The van der Waals surface area contributed by atoms with Gasteiger partial charge in [0.05, 0.1) is 12.2 Å². The Hall–Kier alpha value is -2.09. The quantitative estimate of drug-likeness (QED) is 0.442. The number of thioether (sulfide) groups is 1. The van der Waals surface area contributed by atoms with Gasteiger partial charge in [-0.1, -0.05) is 48.5 Å². The zero-order chi connectivity index (χ0) is 29.4. The summed E-state index contributed by atoms with van der Waals surface area (Å²) in [4.78, 5) is 32.9. The lowest BCUT2D eigenvalue weighted by Crippen LogP contribution is -2.70. The molecule has 5 aliphatic rings. The first kappa shape index (κ1) is 29.0. The van der Waals surface area contributed by atoms with Gasteiger partial charge in [0.15, 0.2) is 17.1 Å². The lowest BCUT2D eigenvalue weighted by atomic mass is 9.44. The molecule has 0 spiro atoms. The van der Waals surface area contributed by atoms with E-state index >= 15 is 8.78 Å². The molecule has 3 saturated carbocycles. The van der Waals surface area contributed by atoms with Crippen molar-refractivity contribution in [3.8, 4) is 6.07 Å². The van der Waals surface area contributed by atoms with Gasteiger partial charge in [-0.3, -0.25) is 14.4 Å². The van der Waals surface area contributed by atoms with Gasteiger partial charge in [-0.2, -0.15) is 10.3 Å². The van der Waals surface area contributed by atoms with Crippen LogP contribution in [0.3, 0.4) is 0 Å². The van der Waals surface area contributed by atoms with Crippen molar-refractivity contribution in [3.63, 3.8) is 0 Å². The van der Waals surface area contributed by atoms with Gasteiger partial charge in [0, 0.05) is 53.0 Å². The predicted octanol–water partition coefficient (Wildman–Crippen LogP) is 5.54. The molecule has 6 rings (SSSR count). The number of nitrogens with zero attached hydrogens (tertiary/aromatic N) is 2. The summed E-state index contributed by atoms with van der Waals surface area (Å²) in [5, 5.41) is 22.9. The van der Waals surface area contributed by atoms with Crippen LogP contribution in [0.2, 0.25) is 5.02 Å². The van der Waals surface area contributed by atoms with Crippen molar-refractivity contribution < 1.29 is 28.3 Å². The van der Waals surface area contributed by atoms with Gasteiger partial charge >= 0.3 is 0 Å². The van der Waals surface area contributed by atoms with E-state index in [1.807, 2.05) is 19.1 Å². The topological polar surface area (TPSA) is 90.6 Å². The molecule has 6 nitrogen and oxygen atoms in total. The van der Waals surface area contributed by atoms with Gasteiger partial charge in [0.1, 0.15) is 6.17 Å². The molecule has 41 heavy (non-hydrogen) atoms. The molecule has 1 aromatic rings. The number of nitriles is 1. The Labute approximate surface area is 247 Å². The molecule has 1 aromatic carbocycles. The number of ketones is 1. The minimum atomic E-state index is -2.22. The van der Waals surface area contributed by atoms with E-state index in [1.54, 1.807) is 24.1 Å². The van der Waals surface area contributed by atoms with E-state index in [2.05, 4.69) is 6.07 Å². The average Bonchev–Trinajstić information content (AvgIpc) is 3.40. The number of alkyl halides is 2. The Morgan fingerprint density at radius 3 is 2.71 bits per heavy atom. The van der Waals surface area contributed by atoms with Crippen LogP contribution in [0, 0.1) is 39.9 Å². The number of carbonyl (C=O) groups is 2. The first-order chi connectivity index (χ1) is 19.4. The van der Waals surface area contributed by atoms with Crippen molar-refractivity contribution in [3.05, 3.63) is 58.7 Å². The fraction of sp³-hybridized carbons (Fsp3) is 0.581. The van der Waals surface area contributed by atoms with E-state index in [-0.39, 0.29) is 41.7 Å². The third-order valence-electron chi connectivity index (χ3n) is 10.7. The molecule has 4 fully saturated rings. The largest absolute Gasteiger partial charge is 0.390 e. The molecule has 218 valence electrons. The Morgan fingerprint density at radius 1 is 1.27 bits per heavy atom. The third kappa shape index (κ3) is 3.97. The van der Waals surface area contributed by atoms with Gasteiger partial charge in [-0.15, -0.1) is 0 Å². The summed E-state index contributed by atoms with van der Waals surface area (Å²) < 4.78 is 33.4. The molecular weight excluding hydrogens is 570 g/mol. The summed E-state index contributed by atoms with van der Waals surface area (Å²) in [7, 11) is 0. The Balaban J connectivity index is 1.39. The molecule has 1 heterocycles. The molecule has 1 N–H and O–H groups in total. The van der Waals surface area contributed by atoms with Crippen molar-refractivity contribution in [2.45, 2.75) is 69.6 Å². The van der Waals surface area contributed by atoms with E-state index in [1.165, 1.54) is 18.2 Å². The lowest BCUT2D eigenvalue weighted by Gasteiger charge is -2.63. The van der Waals surface area contributed by atoms with Crippen LogP contribution in [-0.2, 0) is 21.0 Å². The van der Waals surface area contributed by atoms with E-state index in [9.17, 15) is 14.7 Å². The molecule has 0 bridgehead atoms. The monoisotopic (exact) mass is 602 g/mol. The number of fused-ring (bicyclic) bond motifs is 7. The van der Waals surface area contributed by atoms with Gasteiger partial charge in [-0.25, -0.2) is 8.78 Å². The molecule has 0 unspecified atom stereocenters. The highest BCUT2D eigenvalue weighted by molar-refractivity contribution is 8.13. The second kappa shape index (κ2) is 9.99. The minimum absolute atomic E-state index is 0.0535. The SMILES string of the molecule is C[C@]12C=CC(=O)C=C1[C@@H](F)C[C@H]1[C@@H]3C[C@H]4CN(Cc5ccc(Cl)cc5)O[C@@]4(C(=O)SCCC#N)[C@@]3(C)C[C@H](O)[C@@]12F. The molecule has 0 amide bonds. The van der Waals surface area contributed by atoms with E-state index < -0.39 is 46.2 Å². The highest BCUT2D eigenvalue weighted by atomic mass is 35.5. The van der Waals surface area contributed by atoms with Crippen LogP contribution in [0.25, 0.3) is 0 Å². The summed E-state index contributed by atoms with van der Waals surface area (Å²) in [6, 6.07) is 9.42. The standard InChI is InChI=1S/C31H33ClF2N2O4S/c1-28-9-8-21(37)13-24(28)25(33)14-23-22-12-19-17-36(16-18-4-6-20(32)7-5-18)40-31(19,27(39)41-11-3-10-35)29(22,2)15-26(38)30(23,28)34/h4-9,13,19,22-23,25-26,38H,3,11-12,14-17H2,1-2H3/t19-,22-,23-,25-,26-,28-,29-,30-,31-/m0/s1. The van der Waals surface area contributed by atoms with Crippen LogP contribution < -0.4 is 0 Å². The number of hydrogen-bond donors (Lipinski definition) is 1. The summed E-state index contributed by atoms with van der Waals surface area (Å²) in [6.45, 7) is 4.28. The molecule has 0 aromatic heterocycles. The van der Waals surface area contributed by atoms with Crippen LogP contribution in [0.4, 0.5) is 8.78 Å². The van der Waals surface area contributed by atoms with Crippen molar-refractivity contribution in [1.82, 2.24) is 5.06 Å². The lowest BCUT2D eigenvalue weighted by molar-refractivity contribution is -0.266. The number of aliphatic hydroxyl groups excluding tert-OH is 1. The Kier molecular flexibility index (Phi) is 7.07.